The number of rotatable bonds is 7. The van der Waals surface area contributed by atoms with E-state index in [0.29, 0.717) is 13.0 Å². The average Bonchev–Trinajstić information content (AvgIpc) is 2.17. The van der Waals surface area contributed by atoms with Gasteiger partial charge >= 0.3 is 6.18 Å². The van der Waals surface area contributed by atoms with Gasteiger partial charge in [0.25, 0.3) is 0 Å². The fourth-order valence-electron chi connectivity index (χ4n) is 1.84. The zero-order chi connectivity index (χ0) is 12.8. The maximum Gasteiger partial charge on any atom is 0.389 e. The molecular formula is C11H22F3NO. The summed E-state index contributed by atoms with van der Waals surface area (Å²) in [6.45, 7) is 6.14. The summed E-state index contributed by atoms with van der Waals surface area (Å²) >= 11 is 0. The summed E-state index contributed by atoms with van der Waals surface area (Å²) in [5.74, 6) is 0. The Bertz CT molecular complexity index is 196. The Hall–Kier alpha value is -0.290. The van der Waals surface area contributed by atoms with E-state index in [1.165, 1.54) is 0 Å². The van der Waals surface area contributed by atoms with Crippen LogP contribution >= 0.6 is 0 Å². The van der Waals surface area contributed by atoms with Crippen LogP contribution < -0.4 is 5.32 Å². The van der Waals surface area contributed by atoms with E-state index >= 15 is 0 Å². The molecule has 98 valence electrons. The molecule has 0 spiro atoms. The van der Waals surface area contributed by atoms with Gasteiger partial charge < -0.3 is 10.1 Å². The minimum Gasteiger partial charge on any atom is -0.374 e. The van der Waals surface area contributed by atoms with E-state index in [1.54, 1.807) is 7.05 Å². The lowest BCUT2D eigenvalue weighted by Gasteiger charge is -2.37. The van der Waals surface area contributed by atoms with E-state index in [-0.39, 0.29) is 12.5 Å². The monoisotopic (exact) mass is 241 g/mol. The lowest BCUT2D eigenvalue weighted by molar-refractivity contribution is -0.142. The molecule has 0 aliphatic rings. The second-order valence-corrected chi connectivity index (χ2v) is 4.09. The van der Waals surface area contributed by atoms with Crippen molar-refractivity contribution in [2.24, 2.45) is 0 Å². The number of hydrogen-bond acceptors (Lipinski definition) is 2. The van der Waals surface area contributed by atoms with Crippen molar-refractivity contribution >= 4 is 0 Å². The van der Waals surface area contributed by atoms with Crippen molar-refractivity contribution in [1.29, 1.82) is 0 Å². The number of nitrogens with one attached hydrogen (secondary N) is 1. The summed E-state index contributed by atoms with van der Waals surface area (Å²) in [7, 11) is 1.67. The smallest absolute Gasteiger partial charge is 0.374 e. The van der Waals surface area contributed by atoms with Crippen LogP contribution in [0.4, 0.5) is 13.2 Å². The molecule has 16 heavy (non-hydrogen) atoms. The van der Waals surface area contributed by atoms with E-state index in [1.807, 2.05) is 20.8 Å². The zero-order valence-electron chi connectivity index (χ0n) is 10.4. The van der Waals surface area contributed by atoms with Crippen LogP contribution in [-0.2, 0) is 4.74 Å². The molecule has 5 heteroatoms. The number of ether oxygens (including phenoxy) is 1. The Kier molecular flexibility index (Phi) is 6.33. The minimum absolute atomic E-state index is 0.0460. The molecule has 0 radical (unpaired) electrons. The quantitative estimate of drug-likeness (QED) is 0.739. The SMILES string of the molecule is CCOC(C)(CC)C(CCC(F)(F)F)NC. The molecule has 0 rings (SSSR count). The van der Waals surface area contributed by atoms with Crippen molar-refractivity contribution in [2.75, 3.05) is 13.7 Å². The van der Waals surface area contributed by atoms with Gasteiger partial charge in [-0.15, -0.1) is 0 Å². The maximum absolute atomic E-state index is 12.2. The molecule has 1 N–H and O–H groups in total. The Morgan fingerprint density at radius 3 is 2.12 bits per heavy atom. The van der Waals surface area contributed by atoms with Gasteiger partial charge in [0.2, 0.25) is 0 Å². The van der Waals surface area contributed by atoms with Crippen LogP contribution in [-0.4, -0.2) is 31.5 Å². The second-order valence-electron chi connectivity index (χ2n) is 4.09. The van der Waals surface area contributed by atoms with Crippen molar-refractivity contribution in [1.82, 2.24) is 5.32 Å². The minimum atomic E-state index is -4.10. The maximum atomic E-state index is 12.2. The molecule has 0 saturated carbocycles. The van der Waals surface area contributed by atoms with Gasteiger partial charge in [0.05, 0.1) is 5.60 Å². The molecule has 2 atom stereocenters. The van der Waals surface area contributed by atoms with Crippen LogP contribution in [0.25, 0.3) is 0 Å². The van der Waals surface area contributed by atoms with Crippen LogP contribution in [0.1, 0.15) is 40.0 Å². The first-order valence-electron chi connectivity index (χ1n) is 5.67. The van der Waals surface area contributed by atoms with Crippen LogP contribution in [0, 0.1) is 0 Å². The van der Waals surface area contributed by atoms with Gasteiger partial charge in [0, 0.05) is 19.1 Å². The van der Waals surface area contributed by atoms with Crippen molar-refractivity contribution < 1.29 is 17.9 Å². The molecule has 2 nitrogen and oxygen atoms in total. The van der Waals surface area contributed by atoms with Crippen molar-refractivity contribution in [3.8, 4) is 0 Å². The normalized spacial score (nSPS) is 18.2. The van der Waals surface area contributed by atoms with E-state index < -0.39 is 18.2 Å². The highest BCUT2D eigenvalue weighted by atomic mass is 19.4. The second kappa shape index (κ2) is 6.45. The molecule has 0 aromatic heterocycles. The third-order valence-corrected chi connectivity index (χ3v) is 2.98. The number of likely N-dealkylation sites (N-methyl/N-ethyl adjacent to an activating group) is 1. The first-order chi connectivity index (χ1) is 7.29. The molecule has 0 bridgehead atoms. The zero-order valence-corrected chi connectivity index (χ0v) is 10.4. The number of hydrogen-bond donors (Lipinski definition) is 1. The van der Waals surface area contributed by atoms with Gasteiger partial charge in [-0.05, 0) is 33.7 Å². The molecular weight excluding hydrogens is 219 g/mol. The molecule has 0 saturated heterocycles. The molecule has 0 heterocycles. The molecule has 2 unspecified atom stereocenters. The Balaban J connectivity index is 4.44. The molecule has 0 aromatic carbocycles. The molecule has 0 aliphatic carbocycles. The molecule has 0 fully saturated rings. The fourth-order valence-corrected chi connectivity index (χ4v) is 1.84. The van der Waals surface area contributed by atoms with Crippen molar-refractivity contribution in [3.63, 3.8) is 0 Å². The first kappa shape index (κ1) is 15.7. The lowest BCUT2D eigenvalue weighted by Crippen LogP contribution is -2.49. The highest BCUT2D eigenvalue weighted by molar-refractivity contribution is 4.88. The summed E-state index contributed by atoms with van der Waals surface area (Å²) in [5, 5.41) is 2.93. The van der Waals surface area contributed by atoms with Gasteiger partial charge in [0.1, 0.15) is 0 Å². The van der Waals surface area contributed by atoms with E-state index in [9.17, 15) is 13.2 Å². The van der Waals surface area contributed by atoms with Crippen LogP contribution in [0.5, 0.6) is 0 Å². The Labute approximate surface area is 95.5 Å². The summed E-state index contributed by atoms with van der Waals surface area (Å²) in [6, 6.07) is -0.279. The van der Waals surface area contributed by atoms with Crippen molar-refractivity contribution in [3.05, 3.63) is 0 Å². The third-order valence-electron chi connectivity index (χ3n) is 2.98. The number of alkyl halides is 3. The number of halogens is 3. The van der Waals surface area contributed by atoms with E-state index in [4.69, 9.17) is 4.74 Å². The van der Waals surface area contributed by atoms with Crippen LogP contribution in [0.15, 0.2) is 0 Å². The van der Waals surface area contributed by atoms with E-state index in [2.05, 4.69) is 5.32 Å². The summed E-state index contributed by atoms with van der Waals surface area (Å²) in [4.78, 5) is 0. The summed E-state index contributed by atoms with van der Waals surface area (Å²) < 4.78 is 42.1. The first-order valence-corrected chi connectivity index (χ1v) is 5.67. The topological polar surface area (TPSA) is 21.3 Å². The predicted octanol–water partition coefficient (Wildman–Crippen LogP) is 3.12. The fraction of sp³-hybridized carbons (Fsp3) is 1.00. The highest BCUT2D eigenvalue weighted by Gasteiger charge is 2.36. The van der Waals surface area contributed by atoms with Gasteiger partial charge in [-0.2, -0.15) is 13.2 Å². The average molecular weight is 241 g/mol. The Morgan fingerprint density at radius 1 is 1.25 bits per heavy atom. The van der Waals surface area contributed by atoms with Crippen LogP contribution in [0.2, 0.25) is 0 Å². The molecule has 0 aliphatic heterocycles. The highest BCUT2D eigenvalue weighted by Crippen LogP contribution is 2.28. The largest absolute Gasteiger partial charge is 0.389 e. The Morgan fingerprint density at radius 2 is 1.81 bits per heavy atom. The predicted molar refractivity (Wildman–Crippen MR) is 58.5 cm³/mol. The standard InChI is InChI=1S/C11H22F3NO/c1-5-10(3,16-6-2)9(15-4)7-8-11(12,13)14/h9,15H,5-8H2,1-4H3. The van der Waals surface area contributed by atoms with Crippen molar-refractivity contribution in [2.45, 2.75) is 57.9 Å². The van der Waals surface area contributed by atoms with Gasteiger partial charge in [0.15, 0.2) is 0 Å². The van der Waals surface area contributed by atoms with E-state index in [0.717, 1.165) is 0 Å². The third kappa shape index (κ3) is 5.16. The summed E-state index contributed by atoms with van der Waals surface area (Å²) in [6.07, 6.45) is -4.15. The van der Waals surface area contributed by atoms with Crippen LogP contribution in [0.3, 0.4) is 0 Å². The van der Waals surface area contributed by atoms with Gasteiger partial charge in [-0.3, -0.25) is 0 Å². The lowest BCUT2D eigenvalue weighted by atomic mass is 9.89. The van der Waals surface area contributed by atoms with Gasteiger partial charge in [-0.1, -0.05) is 6.92 Å². The molecule has 0 amide bonds. The molecule has 0 aromatic rings. The van der Waals surface area contributed by atoms with Gasteiger partial charge in [-0.25, -0.2) is 0 Å². The summed E-state index contributed by atoms with van der Waals surface area (Å²) in [5.41, 5.74) is -0.533.